The van der Waals surface area contributed by atoms with Crippen molar-refractivity contribution in [3.63, 3.8) is 0 Å². The molecule has 0 spiro atoms. The second-order valence-corrected chi connectivity index (χ2v) is 9.74. The average Bonchev–Trinajstić information content (AvgIpc) is 3.14. The molecule has 0 aliphatic carbocycles. The first-order valence-corrected chi connectivity index (χ1v) is 12.1. The van der Waals surface area contributed by atoms with E-state index in [2.05, 4.69) is 5.10 Å². The van der Waals surface area contributed by atoms with E-state index in [-0.39, 0.29) is 28.6 Å². The first-order valence-electron chi connectivity index (χ1n) is 10.3. The van der Waals surface area contributed by atoms with E-state index < -0.39 is 9.84 Å². The monoisotopic (exact) mass is 456 g/mol. The van der Waals surface area contributed by atoms with Crippen molar-refractivity contribution in [1.82, 2.24) is 9.78 Å². The third-order valence-corrected chi connectivity index (χ3v) is 6.67. The summed E-state index contributed by atoms with van der Waals surface area (Å²) in [4.78, 5) is 13.7. The van der Waals surface area contributed by atoms with Crippen molar-refractivity contribution < 1.29 is 22.7 Å². The number of aromatic nitrogens is 2. The molecular weight excluding hydrogens is 428 g/mol. The van der Waals surface area contributed by atoms with Gasteiger partial charge in [-0.15, -0.1) is 0 Å². The highest BCUT2D eigenvalue weighted by Crippen LogP contribution is 2.35. The van der Waals surface area contributed by atoms with Crippen molar-refractivity contribution in [2.45, 2.75) is 45.7 Å². The molecule has 3 rings (SSSR count). The van der Waals surface area contributed by atoms with E-state index >= 15 is 0 Å². The number of ketones is 1. The maximum atomic E-state index is 13.5. The number of nitrogens with zero attached hydrogens (tertiary/aromatic N) is 2. The zero-order valence-electron chi connectivity index (χ0n) is 19.2. The summed E-state index contributed by atoms with van der Waals surface area (Å²) in [6.07, 6.45) is 2.62. The molecule has 2 aromatic carbocycles. The molecule has 32 heavy (non-hydrogen) atoms. The smallest absolute Gasteiger partial charge is 0.223 e. The van der Waals surface area contributed by atoms with E-state index in [9.17, 15) is 13.2 Å². The minimum Gasteiger partial charge on any atom is -0.496 e. The molecule has 170 valence electrons. The molecule has 0 amide bonds. The molecule has 3 aromatic rings. The zero-order chi connectivity index (χ0) is 23.6. The molecule has 0 aliphatic rings. The van der Waals surface area contributed by atoms with Gasteiger partial charge < -0.3 is 9.47 Å². The third-order valence-electron chi connectivity index (χ3n) is 5.30. The van der Waals surface area contributed by atoms with Gasteiger partial charge in [-0.25, -0.2) is 13.1 Å². The Morgan fingerprint density at radius 1 is 1.09 bits per heavy atom. The van der Waals surface area contributed by atoms with Crippen LogP contribution >= 0.6 is 0 Å². The fourth-order valence-electron chi connectivity index (χ4n) is 3.84. The summed E-state index contributed by atoms with van der Waals surface area (Å²) in [5, 5.41) is 4.30. The Labute approximate surface area is 188 Å². The molecule has 0 saturated heterocycles. The second-order valence-electron chi connectivity index (χ2n) is 7.78. The lowest BCUT2D eigenvalue weighted by molar-refractivity contribution is 0.103. The maximum Gasteiger partial charge on any atom is 0.223 e. The first-order chi connectivity index (χ1) is 15.1. The number of carbonyl (C=O) groups excluding carboxylic acids is 1. The van der Waals surface area contributed by atoms with E-state index in [0.29, 0.717) is 29.1 Å². The van der Waals surface area contributed by atoms with Crippen molar-refractivity contribution >= 4 is 15.6 Å². The van der Waals surface area contributed by atoms with Crippen LogP contribution in [0.1, 0.15) is 45.1 Å². The minimum absolute atomic E-state index is 0.172. The molecule has 1 heterocycles. The number of rotatable bonds is 8. The van der Waals surface area contributed by atoms with Crippen LogP contribution in [0.5, 0.6) is 11.6 Å². The topological polar surface area (TPSA) is 87.5 Å². The third kappa shape index (κ3) is 4.55. The van der Waals surface area contributed by atoms with E-state index in [1.165, 1.54) is 13.3 Å². The highest BCUT2D eigenvalue weighted by molar-refractivity contribution is 7.90. The molecule has 0 unspecified atom stereocenters. The van der Waals surface area contributed by atoms with Crippen LogP contribution in [-0.4, -0.2) is 37.3 Å². The molecule has 0 N–H and O–H groups in total. The lowest BCUT2D eigenvalue weighted by Gasteiger charge is -2.17. The van der Waals surface area contributed by atoms with Crippen LogP contribution in [-0.2, 0) is 23.0 Å². The van der Waals surface area contributed by atoms with E-state index in [4.69, 9.17) is 9.47 Å². The van der Waals surface area contributed by atoms with Gasteiger partial charge in [0.25, 0.3) is 0 Å². The quantitative estimate of drug-likeness (QED) is 0.475. The number of hydrogen-bond acceptors (Lipinski definition) is 6. The molecule has 0 fully saturated rings. The Balaban J connectivity index is 2.05. The lowest BCUT2D eigenvalue weighted by atomic mass is 9.99. The highest BCUT2D eigenvalue weighted by Gasteiger charge is 2.27. The summed E-state index contributed by atoms with van der Waals surface area (Å²) in [5.74, 6) is 0.254. The van der Waals surface area contributed by atoms with Crippen LogP contribution in [0.2, 0.25) is 0 Å². The summed E-state index contributed by atoms with van der Waals surface area (Å²) in [7, 11) is -2.07. The number of carbonyl (C=O) groups is 1. The molecule has 0 aliphatic heterocycles. The summed E-state index contributed by atoms with van der Waals surface area (Å²) in [6.45, 7) is 8.05. The molecule has 8 heteroatoms. The Bertz CT molecular complexity index is 1260. The molecule has 0 atom stereocenters. The van der Waals surface area contributed by atoms with Gasteiger partial charge in [0, 0.05) is 18.4 Å². The first kappa shape index (κ1) is 23.5. The Kier molecular flexibility index (Phi) is 6.74. The molecule has 7 nitrogen and oxygen atoms in total. The molecule has 1 aromatic heterocycles. The SMILES string of the molecule is CCn1ncc(C(=O)c2cc(C)c(S(C)(=O)=O)c(C)c2OC)c1OCc1ccc(C)cc1. The van der Waals surface area contributed by atoms with Crippen LogP contribution < -0.4 is 9.47 Å². The standard InChI is InChI=1S/C24H28N2O5S/c1-7-26-24(31-14-18-10-8-15(2)9-11-18)20(13-25-26)21(27)19-12-16(3)23(32(6,28)29)17(4)22(19)30-5/h8-13H,7,14H2,1-6H3. The fourth-order valence-corrected chi connectivity index (χ4v) is 5.13. The summed E-state index contributed by atoms with van der Waals surface area (Å²) in [6, 6.07) is 9.51. The number of sulfone groups is 1. The maximum absolute atomic E-state index is 13.5. The average molecular weight is 457 g/mol. The molecule has 0 radical (unpaired) electrons. The summed E-state index contributed by atoms with van der Waals surface area (Å²) in [5.41, 5.74) is 3.58. The Morgan fingerprint density at radius 3 is 2.31 bits per heavy atom. The van der Waals surface area contributed by atoms with Crippen LogP contribution in [0.4, 0.5) is 0 Å². The van der Waals surface area contributed by atoms with Crippen molar-refractivity contribution in [1.29, 1.82) is 0 Å². The normalized spacial score (nSPS) is 11.4. The van der Waals surface area contributed by atoms with Crippen LogP contribution in [0.15, 0.2) is 41.4 Å². The van der Waals surface area contributed by atoms with Gasteiger partial charge in [0.2, 0.25) is 11.7 Å². The van der Waals surface area contributed by atoms with Gasteiger partial charge >= 0.3 is 0 Å². The number of ether oxygens (including phenoxy) is 2. The molecule has 0 saturated carbocycles. The van der Waals surface area contributed by atoms with Crippen molar-refractivity contribution in [2.24, 2.45) is 0 Å². The van der Waals surface area contributed by atoms with Gasteiger partial charge in [0.1, 0.15) is 17.9 Å². The van der Waals surface area contributed by atoms with Gasteiger partial charge in [0.05, 0.1) is 23.8 Å². The van der Waals surface area contributed by atoms with E-state index in [1.807, 2.05) is 38.1 Å². The second kappa shape index (κ2) is 9.16. The van der Waals surface area contributed by atoms with E-state index in [0.717, 1.165) is 17.4 Å². The van der Waals surface area contributed by atoms with Gasteiger partial charge in [-0.3, -0.25) is 4.79 Å². The highest BCUT2D eigenvalue weighted by atomic mass is 32.2. The van der Waals surface area contributed by atoms with Gasteiger partial charge in [0.15, 0.2) is 9.84 Å². The van der Waals surface area contributed by atoms with Gasteiger partial charge in [-0.2, -0.15) is 5.10 Å². The number of benzene rings is 2. The summed E-state index contributed by atoms with van der Waals surface area (Å²) >= 11 is 0. The van der Waals surface area contributed by atoms with Crippen molar-refractivity contribution in [3.8, 4) is 11.6 Å². The largest absolute Gasteiger partial charge is 0.496 e. The number of hydrogen-bond donors (Lipinski definition) is 0. The predicted octanol–water partition coefficient (Wildman–Crippen LogP) is 4.05. The Hall–Kier alpha value is -3.13. The van der Waals surface area contributed by atoms with Crippen molar-refractivity contribution in [2.75, 3.05) is 13.4 Å². The van der Waals surface area contributed by atoms with Crippen LogP contribution in [0.25, 0.3) is 0 Å². The molecule has 0 bridgehead atoms. The molecular formula is C24H28N2O5S. The van der Waals surface area contributed by atoms with Crippen LogP contribution in [0, 0.1) is 20.8 Å². The van der Waals surface area contributed by atoms with Crippen LogP contribution in [0.3, 0.4) is 0 Å². The van der Waals surface area contributed by atoms with E-state index in [1.54, 1.807) is 24.6 Å². The van der Waals surface area contributed by atoms with Gasteiger partial charge in [-0.1, -0.05) is 29.8 Å². The Morgan fingerprint density at radius 2 is 1.75 bits per heavy atom. The minimum atomic E-state index is -3.49. The van der Waals surface area contributed by atoms with Gasteiger partial charge in [-0.05, 0) is 44.9 Å². The summed E-state index contributed by atoms with van der Waals surface area (Å²) < 4.78 is 37.6. The van der Waals surface area contributed by atoms with Crippen molar-refractivity contribution in [3.05, 3.63) is 69.9 Å². The lowest BCUT2D eigenvalue weighted by Crippen LogP contribution is -2.12. The fraction of sp³-hybridized carbons (Fsp3) is 0.333. The number of aryl methyl sites for hydroxylation is 3. The zero-order valence-corrected chi connectivity index (χ0v) is 20.0. The predicted molar refractivity (Wildman–Crippen MR) is 122 cm³/mol. The number of methoxy groups -OCH3 is 1.